The summed E-state index contributed by atoms with van der Waals surface area (Å²) in [5, 5.41) is 0. The van der Waals surface area contributed by atoms with Gasteiger partial charge in [0.25, 0.3) is 0 Å². The maximum atomic E-state index is 11.8. The fourth-order valence-electron chi connectivity index (χ4n) is 1.05. The van der Waals surface area contributed by atoms with E-state index in [2.05, 4.69) is 4.74 Å². The van der Waals surface area contributed by atoms with Crippen LogP contribution in [0.25, 0.3) is 0 Å². The highest BCUT2D eigenvalue weighted by atomic mass is 19.4. The molecule has 0 aromatic heterocycles. The Bertz CT molecular complexity index is 373. The molecule has 1 aromatic rings. The van der Waals surface area contributed by atoms with Gasteiger partial charge in [0.2, 0.25) is 5.91 Å². The van der Waals surface area contributed by atoms with Crippen molar-refractivity contribution in [1.29, 1.82) is 0 Å². The molecule has 0 saturated heterocycles. The lowest BCUT2D eigenvalue weighted by molar-refractivity contribution is -0.274. The smallest absolute Gasteiger partial charge is 0.406 e. The van der Waals surface area contributed by atoms with Gasteiger partial charge >= 0.3 is 6.36 Å². The van der Waals surface area contributed by atoms with Crippen LogP contribution in [0, 0.1) is 0 Å². The van der Waals surface area contributed by atoms with Crippen LogP contribution in [-0.4, -0.2) is 19.3 Å². The number of carbonyl (C=O) groups is 1. The van der Waals surface area contributed by atoms with Crippen LogP contribution >= 0.6 is 0 Å². The number of halogens is 3. The van der Waals surface area contributed by atoms with E-state index in [0.717, 1.165) is 12.1 Å². The average Bonchev–Trinajstić information content (AvgIpc) is 2.15. The highest BCUT2D eigenvalue weighted by molar-refractivity contribution is 5.90. The first kappa shape index (κ1) is 12.4. The van der Waals surface area contributed by atoms with Crippen molar-refractivity contribution in [3.63, 3.8) is 0 Å². The predicted octanol–water partition coefficient (Wildman–Crippen LogP) is 2.57. The molecular weight excluding hydrogens is 223 g/mol. The van der Waals surface area contributed by atoms with Gasteiger partial charge in [-0.05, 0) is 24.3 Å². The van der Waals surface area contributed by atoms with Crippen molar-refractivity contribution in [3.8, 4) is 5.75 Å². The molecule has 0 aliphatic carbocycles. The first-order chi connectivity index (χ1) is 7.29. The first-order valence-corrected chi connectivity index (χ1v) is 4.40. The van der Waals surface area contributed by atoms with Gasteiger partial charge in [-0.3, -0.25) is 4.79 Å². The third-order valence-corrected chi connectivity index (χ3v) is 1.93. The topological polar surface area (TPSA) is 29.5 Å². The van der Waals surface area contributed by atoms with E-state index in [0.29, 0.717) is 5.69 Å². The van der Waals surface area contributed by atoms with Crippen molar-refractivity contribution in [2.45, 2.75) is 13.3 Å². The zero-order valence-electron chi connectivity index (χ0n) is 8.71. The molecule has 0 aliphatic heterocycles. The van der Waals surface area contributed by atoms with Gasteiger partial charge in [0.1, 0.15) is 5.75 Å². The van der Waals surface area contributed by atoms with Crippen molar-refractivity contribution in [1.82, 2.24) is 0 Å². The van der Waals surface area contributed by atoms with Crippen LogP contribution in [0.5, 0.6) is 5.75 Å². The van der Waals surface area contributed by atoms with Gasteiger partial charge in [-0.15, -0.1) is 13.2 Å². The molecule has 0 atom stereocenters. The van der Waals surface area contributed by atoms with Gasteiger partial charge in [-0.2, -0.15) is 0 Å². The normalized spacial score (nSPS) is 11.1. The van der Waals surface area contributed by atoms with Gasteiger partial charge in [0.05, 0.1) is 0 Å². The van der Waals surface area contributed by atoms with E-state index in [1.807, 2.05) is 0 Å². The first-order valence-electron chi connectivity index (χ1n) is 4.40. The Balaban J connectivity index is 2.79. The molecule has 16 heavy (non-hydrogen) atoms. The molecule has 0 heterocycles. The fraction of sp³-hybridized carbons (Fsp3) is 0.300. The van der Waals surface area contributed by atoms with Gasteiger partial charge in [0.15, 0.2) is 0 Å². The van der Waals surface area contributed by atoms with Crippen LogP contribution in [0.2, 0.25) is 0 Å². The predicted molar refractivity (Wildman–Crippen MR) is 52.2 cm³/mol. The van der Waals surface area contributed by atoms with Gasteiger partial charge in [-0.25, -0.2) is 0 Å². The SMILES string of the molecule is CC(=O)N(C)c1ccc(OC(F)(F)F)cc1. The zero-order chi connectivity index (χ0) is 12.3. The summed E-state index contributed by atoms with van der Waals surface area (Å²) in [6, 6.07) is 5.06. The zero-order valence-corrected chi connectivity index (χ0v) is 8.71. The van der Waals surface area contributed by atoms with Crippen molar-refractivity contribution in [2.24, 2.45) is 0 Å². The summed E-state index contributed by atoms with van der Waals surface area (Å²) in [6.07, 6.45) is -4.70. The largest absolute Gasteiger partial charge is 0.573 e. The molecule has 0 radical (unpaired) electrons. The number of hydrogen-bond acceptors (Lipinski definition) is 2. The van der Waals surface area contributed by atoms with Crippen molar-refractivity contribution in [3.05, 3.63) is 24.3 Å². The molecule has 0 spiro atoms. The van der Waals surface area contributed by atoms with E-state index < -0.39 is 6.36 Å². The summed E-state index contributed by atoms with van der Waals surface area (Å²) in [5.74, 6) is -0.516. The van der Waals surface area contributed by atoms with E-state index in [9.17, 15) is 18.0 Å². The van der Waals surface area contributed by atoms with Crippen LogP contribution in [0.15, 0.2) is 24.3 Å². The summed E-state index contributed by atoms with van der Waals surface area (Å²) >= 11 is 0. The van der Waals surface area contributed by atoms with Crippen LogP contribution < -0.4 is 9.64 Å². The lowest BCUT2D eigenvalue weighted by atomic mass is 10.3. The van der Waals surface area contributed by atoms with Gasteiger partial charge in [0, 0.05) is 19.7 Å². The van der Waals surface area contributed by atoms with Gasteiger partial charge < -0.3 is 9.64 Å². The molecule has 1 rings (SSSR count). The van der Waals surface area contributed by atoms with E-state index in [4.69, 9.17) is 0 Å². The van der Waals surface area contributed by atoms with E-state index >= 15 is 0 Å². The Morgan fingerprint density at radius 2 is 1.75 bits per heavy atom. The van der Waals surface area contributed by atoms with Crippen LogP contribution in [0.3, 0.4) is 0 Å². The van der Waals surface area contributed by atoms with Crippen molar-refractivity contribution in [2.75, 3.05) is 11.9 Å². The minimum absolute atomic E-state index is 0.204. The quantitative estimate of drug-likeness (QED) is 0.785. The van der Waals surface area contributed by atoms with E-state index in [-0.39, 0.29) is 11.7 Å². The number of alkyl halides is 3. The average molecular weight is 233 g/mol. The summed E-state index contributed by atoms with van der Waals surface area (Å²) in [6.45, 7) is 1.36. The summed E-state index contributed by atoms with van der Waals surface area (Å²) in [5.41, 5.74) is 0.502. The number of anilines is 1. The minimum Gasteiger partial charge on any atom is -0.406 e. The Kier molecular flexibility index (Phi) is 3.41. The molecule has 1 aromatic carbocycles. The van der Waals surface area contributed by atoms with Crippen LogP contribution in [-0.2, 0) is 4.79 Å². The molecule has 0 bridgehead atoms. The van der Waals surface area contributed by atoms with Crippen LogP contribution in [0.4, 0.5) is 18.9 Å². The number of hydrogen-bond donors (Lipinski definition) is 0. The number of amides is 1. The Labute approximate surface area is 90.4 Å². The standard InChI is InChI=1S/C10H10F3NO2/c1-7(15)14(2)8-3-5-9(6-4-8)16-10(11,12)13/h3-6H,1-2H3. The molecule has 0 unspecified atom stereocenters. The summed E-state index contributed by atoms with van der Waals surface area (Å²) in [4.78, 5) is 12.3. The Hall–Kier alpha value is -1.72. The monoisotopic (exact) mass is 233 g/mol. The molecule has 3 nitrogen and oxygen atoms in total. The maximum absolute atomic E-state index is 11.8. The Morgan fingerprint density at radius 3 is 2.12 bits per heavy atom. The molecule has 0 N–H and O–H groups in total. The molecule has 88 valence electrons. The summed E-state index contributed by atoms with van der Waals surface area (Å²) in [7, 11) is 1.53. The van der Waals surface area contributed by atoms with Crippen molar-refractivity contribution >= 4 is 11.6 Å². The van der Waals surface area contributed by atoms with Gasteiger partial charge in [-0.1, -0.05) is 0 Å². The molecule has 0 aliphatic rings. The molecular formula is C10H10F3NO2. The highest BCUT2D eigenvalue weighted by Crippen LogP contribution is 2.24. The second-order valence-corrected chi connectivity index (χ2v) is 3.12. The Morgan fingerprint density at radius 1 is 1.25 bits per heavy atom. The third kappa shape index (κ3) is 3.45. The number of carbonyl (C=O) groups excluding carboxylic acids is 1. The summed E-state index contributed by atoms with van der Waals surface area (Å²) < 4.78 is 39.2. The molecule has 0 fully saturated rings. The highest BCUT2D eigenvalue weighted by Gasteiger charge is 2.30. The number of benzene rings is 1. The number of nitrogens with zero attached hydrogens (tertiary/aromatic N) is 1. The fourth-order valence-corrected chi connectivity index (χ4v) is 1.05. The third-order valence-electron chi connectivity index (χ3n) is 1.93. The maximum Gasteiger partial charge on any atom is 0.573 e. The van der Waals surface area contributed by atoms with Crippen molar-refractivity contribution < 1.29 is 22.7 Å². The molecule has 0 saturated carbocycles. The second kappa shape index (κ2) is 4.42. The number of rotatable bonds is 2. The lowest BCUT2D eigenvalue weighted by Crippen LogP contribution is -2.22. The molecule has 1 amide bonds. The lowest BCUT2D eigenvalue weighted by Gasteiger charge is -2.15. The molecule has 6 heteroatoms. The van der Waals surface area contributed by atoms with E-state index in [1.165, 1.54) is 31.0 Å². The van der Waals surface area contributed by atoms with E-state index in [1.54, 1.807) is 0 Å². The van der Waals surface area contributed by atoms with Crippen LogP contribution in [0.1, 0.15) is 6.92 Å². The minimum atomic E-state index is -4.70. The number of ether oxygens (including phenoxy) is 1. The second-order valence-electron chi connectivity index (χ2n) is 3.12.